The van der Waals surface area contributed by atoms with Crippen molar-refractivity contribution in [2.75, 3.05) is 13.2 Å². The predicted octanol–water partition coefficient (Wildman–Crippen LogP) is 9.56. The standard InChI is InChI=1S/C45H89NO8/c1-3-5-7-9-11-13-15-17-19-21-22-24-26-28-30-32-34-39(48)38(37-53-45-44(52)43(51)42(50)40(36-47)54-45)46-41(49)35-33-31-29-27-25-23-20-18-16-14-12-10-8-6-4-2/h38-40,42-45,47-48,50-52H,3-37H2,1-2H3,(H,46,49). The molecule has 1 saturated heterocycles. The SMILES string of the molecule is CCCCCCCCCCCCCCCCCCC(O)C(COC1OC(CO)C(O)C(O)C1O)NC(=O)CCCCCCCCCCCCCCCCC. The summed E-state index contributed by atoms with van der Waals surface area (Å²) in [5, 5.41) is 54.3. The summed E-state index contributed by atoms with van der Waals surface area (Å²) in [4.78, 5) is 13.0. The first kappa shape index (κ1) is 51.2. The molecular formula is C45H89NO8. The van der Waals surface area contributed by atoms with Crippen molar-refractivity contribution < 1.29 is 39.8 Å². The number of hydrogen-bond acceptors (Lipinski definition) is 8. The fourth-order valence-corrected chi connectivity index (χ4v) is 7.69. The Balaban J connectivity index is 2.32. The highest BCUT2D eigenvalue weighted by atomic mass is 16.7. The van der Waals surface area contributed by atoms with Crippen LogP contribution in [-0.2, 0) is 14.3 Å². The molecule has 1 rings (SSSR count). The molecule has 0 aromatic heterocycles. The van der Waals surface area contributed by atoms with Gasteiger partial charge in [0.15, 0.2) is 6.29 Å². The van der Waals surface area contributed by atoms with E-state index in [9.17, 15) is 30.3 Å². The second-order valence-corrected chi connectivity index (χ2v) is 16.6. The molecule has 0 spiro atoms. The van der Waals surface area contributed by atoms with E-state index in [0.29, 0.717) is 12.8 Å². The van der Waals surface area contributed by atoms with Crippen molar-refractivity contribution in [3.8, 4) is 0 Å². The molecule has 1 amide bonds. The van der Waals surface area contributed by atoms with Gasteiger partial charge in [-0.3, -0.25) is 4.79 Å². The molecule has 9 nitrogen and oxygen atoms in total. The summed E-state index contributed by atoms with van der Waals surface area (Å²) in [6.45, 7) is 3.85. The minimum absolute atomic E-state index is 0.132. The van der Waals surface area contributed by atoms with Crippen LogP contribution in [-0.4, -0.2) is 87.5 Å². The number of aliphatic hydroxyl groups is 5. The Bertz CT molecular complexity index is 817. The first-order valence-corrected chi connectivity index (χ1v) is 23.2. The van der Waals surface area contributed by atoms with Crippen molar-refractivity contribution in [1.29, 1.82) is 0 Å². The van der Waals surface area contributed by atoms with Crippen LogP contribution in [0.5, 0.6) is 0 Å². The number of aliphatic hydroxyl groups excluding tert-OH is 5. The number of hydrogen-bond donors (Lipinski definition) is 6. The smallest absolute Gasteiger partial charge is 0.220 e. The molecule has 1 aliphatic heterocycles. The van der Waals surface area contributed by atoms with Crippen molar-refractivity contribution in [3.63, 3.8) is 0 Å². The van der Waals surface area contributed by atoms with Gasteiger partial charge in [-0.05, 0) is 12.8 Å². The lowest BCUT2D eigenvalue weighted by Gasteiger charge is -2.40. The van der Waals surface area contributed by atoms with Gasteiger partial charge >= 0.3 is 0 Å². The quantitative estimate of drug-likeness (QED) is 0.0339. The van der Waals surface area contributed by atoms with E-state index in [0.717, 1.165) is 38.5 Å². The molecule has 7 unspecified atom stereocenters. The van der Waals surface area contributed by atoms with Gasteiger partial charge in [-0.15, -0.1) is 0 Å². The van der Waals surface area contributed by atoms with Crippen LogP contribution in [0, 0.1) is 0 Å². The maximum Gasteiger partial charge on any atom is 0.220 e. The second kappa shape index (κ2) is 36.5. The van der Waals surface area contributed by atoms with Crippen LogP contribution in [0.3, 0.4) is 0 Å². The number of carbonyl (C=O) groups is 1. The van der Waals surface area contributed by atoms with Crippen LogP contribution in [0.4, 0.5) is 0 Å². The Hall–Kier alpha value is -0.810. The van der Waals surface area contributed by atoms with Gasteiger partial charge in [0.25, 0.3) is 0 Å². The topological polar surface area (TPSA) is 149 Å². The Morgan fingerprint density at radius 2 is 0.926 bits per heavy atom. The molecule has 0 saturated carbocycles. The van der Waals surface area contributed by atoms with Crippen molar-refractivity contribution in [1.82, 2.24) is 5.32 Å². The highest BCUT2D eigenvalue weighted by Crippen LogP contribution is 2.23. The Morgan fingerprint density at radius 3 is 1.31 bits per heavy atom. The summed E-state index contributed by atoms with van der Waals surface area (Å²) < 4.78 is 11.3. The number of nitrogens with one attached hydrogen (secondary N) is 1. The van der Waals surface area contributed by atoms with Crippen LogP contribution >= 0.6 is 0 Å². The van der Waals surface area contributed by atoms with E-state index in [1.54, 1.807) is 0 Å². The van der Waals surface area contributed by atoms with E-state index in [1.165, 1.54) is 161 Å². The summed E-state index contributed by atoms with van der Waals surface area (Å²) in [5.41, 5.74) is 0. The van der Waals surface area contributed by atoms with Crippen LogP contribution in [0.2, 0.25) is 0 Å². The number of amides is 1. The third-order valence-electron chi connectivity index (χ3n) is 11.5. The summed E-state index contributed by atoms with van der Waals surface area (Å²) >= 11 is 0. The number of rotatable bonds is 39. The number of carbonyl (C=O) groups excluding carboxylic acids is 1. The highest BCUT2D eigenvalue weighted by Gasteiger charge is 2.44. The molecule has 54 heavy (non-hydrogen) atoms. The van der Waals surface area contributed by atoms with E-state index in [-0.39, 0.29) is 12.5 Å². The molecule has 322 valence electrons. The average Bonchev–Trinajstić information content (AvgIpc) is 3.17. The molecule has 1 heterocycles. The monoisotopic (exact) mass is 772 g/mol. The summed E-state index contributed by atoms with van der Waals surface area (Å²) in [6, 6.07) is -0.711. The van der Waals surface area contributed by atoms with Gasteiger partial charge in [0.05, 0.1) is 25.4 Å². The second-order valence-electron chi connectivity index (χ2n) is 16.6. The van der Waals surface area contributed by atoms with E-state index >= 15 is 0 Å². The largest absolute Gasteiger partial charge is 0.394 e. The van der Waals surface area contributed by atoms with E-state index in [1.807, 2.05) is 0 Å². The van der Waals surface area contributed by atoms with Gasteiger partial charge in [0.2, 0.25) is 5.91 Å². The summed E-state index contributed by atoms with van der Waals surface area (Å²) in [7, 11) is 0. The zero-order valence-electron chi connectivity index (χ0n) is 35.3. The number of ether oxygens (including phenoxy) is 2. The van der Waals surface area contributed by atoms with Gasteiger partial charge in [0, 0.05) is 6.42 Å². The molecule has 0 aromatic carbocycles. The molecule has 7 atom stereocenters. The summed E-state index contributed by atoms with van der Waals surface area (Å²) in [5.74, 6) is -0.141. The molecular weight excluding hydrogens is 682 g/mol. The zero-order chi connectivity index (χ0) is 39.5. The molecule has 1 fully saturated rings. The molecule has 0 radical (unpaired) electrons. The van der Waals surface area contributed by atoms with E-state index in [4.69, 9.17) is 9.47 Å². The average molecular weight is 772 g/mol. The lowest BCUT2D eigenvalue weighted by molar-refractivity contribution is -0.302. The maximum absolute atomic E-state index is 13.0. The molecule has 9 heteroatoms. The van der Waals surface area contributed by atoms with Crippen molar-refractivity contribution in [3.05, 3.63) is 0 Å². The minimum Gasteiger partial charge on any atom is -0.394 e. The molecule has 1 aliphatic rings. The first-order valence-electron chi connectivity index (χ1n) is 23.2. The molecule has 6 N–H and O–H groups in total. The van der Waals surface area contributed by atoms with Crippen molar-refractivity contribution >= 4 is 5.91 Å². The lowest BCUT2D eigenvalue weighted by atomic mass is 9.99. The Morgan fingerprint density at radius 1 is 0.556 bits per heavy atom. The van der Waals surface area contributed by atoms with Crippen LogP contribution in [0.25, 0.3) is 0 Å². The highest BCUT2D eigenvalue weighted by molar-refractivity contribution is 5.76. The van der Waals surface area contributed by atoms with Crippen LogP contribution in [0.15, 0.2) is 0 Å². The van der Waals surface area contributed by atoms with Gasteiger partial charge in [-0.1, -0.05) is 206 Å². The number of unbranched alkanes of at least 4 members (excludes halogenated alkanes) is 29. The van der Waals surface area contributed by atoms with Crippen LogP contribution < -0.4 is 5.32 Å². The normalized spacial score (nSPS) is 21.4. The Kier molecular flexibility index (Phi) is 34.6. The minimum atomic E-state index is -1.55. The third-order valence-corrected chi connectivity index (χ3v) is 11.5. The van der Waals surface area contributed by atoms with Crippen molar-refractivity contribution in [2.45, 2.75) is 269 Å². The maximum atomic E-state index is 13.0. The lowest BCUT2D eigenvalue weighted by Crippen LogP contribution is -2.60. The Labute approximate surface area is 332 Å². The fraction of sp³-hybridized carbons (Fsp3) is 0.978. The van der Waals surface area contributed by atoms with Crippen molar-refractivity contribution in [2.24, 2.45) is 0 Å². The predicted molar refractivity (Wildman–Crippen MR) is 221 cm³/mol. The summed E-state index contributed by atoms with van der Waals surface area (Å²) in [6.07, 6.45) is 32.4. The first-order chi connectivity index (χ1) is 26.3. The molecule has 0 bridgehead atoms. The molecule has 0 aromatic rings. The van der Waals surface area contributed by atoms with E-state index in [2.05, 4.69) is 19.2 Å². The van der Waals surface area contributed by atoms with Gasteiger partial charge in [0.1, 0.15) is 24.4 Å². The van der Waals surface area contributed by atoms with E-state index < -0.39 is 49.5 Å². The van der Waals surface area contributed by atoms with Gasteiger partial charge in [-0.25, -0.2) is 0 Å². The van der Waals surface area contributed by atoms with Gasteiger partial charge < -0.3 is 40.3 Å². The molecule has 0 aliphatic carbocycles. The van der Waals surface area contributed by atoms with Crippen LogP contribution in [0.1, 0.15) is 226 Å². The third kappa shape index (κ3) is 26.9. The van der Waals surface area contributed by atoms with Gasteiger partial charge in [-0.2, -0.15) is 0 Å². The zero-order valence-corrected chi connectivity index (χ0v) is 35.3. The fourth-order valence-electron chi connectivity index (χ4n) is 7.69.